The number of nitrogens with zero attached hydrogens (tertiary/aromatic N) is 1. The molecule has 3 heteroatoms. The summed E-state index contributed by atoms with van der Waals surface area (Å²) < 4.78 is 5.34. The van der Waals surface area contributed by atoms with Gasteiger partial charge in [0.25, 0.3) is 0 Å². The van der Waals surface area contributed by atoms with E-state index in [0.717, 1.165) is 38.5 Å². The van der Waals surface area contributed by atoms with Crippen LogP contribution in [0.5, 0.6) is 0 Å². The zero-order valence-electron chi connectivity index (χ0n) is 9.17. The molecule has 14 heavy (non-hydrogen) atoms. The van der Waals surface area contributed by atoms with E-state index in [0.29, 0.717) is 0 Å². The molecule has 82 valence electrons. The summed E-state index contributed by atoms with van der Waals surface area (Å²) in [7, 11) is 0. The molecule has 2 saturated heterocycles. The molecule has 2 rings (SSSR count). The highest BCUT2D eigenvalue weighted by molar-refractivity contribution is 4.93. The van der Waals surface area contributed by atoms with Crippen molar-refractivity contribution >= 4 is 0 Å². The molecule has 0 aliphatic carbocycles. The summed E-state index contributed by atoms with van der Waals surface area (Å²) in [5.74, 6) is 0.929. The van der Waals surface area contributed by atoms with Crippen LogP contribution in [0.3, 0.4) is 0 Å². The van der Waals surface area contributed by atoms with Crippen molar-refractivity contribution in [2.24, 2.45) is 11.7 Å². The monoisotopic (exact) mass is 198 g/mol. The van der Waals surface area contributed by atoms with Gasteiger partial charge in [-0.3, -0.25) is 0 Å². The first-order chi connectivity index (χ1) is 6.72. The highest BCUT2D eigenvalue weighted by Gasteiger charge is 2.34. The van der Waals surface area contributed by atoms with Gasteiger partial charge < -0.3 is 15.4 Å². The van der Waals surface area contributed by atoms with Crippen LogP contribution in [0, 0.1) is 5.92 Å². The van der Waals surface area contributed by atoms with Gasteiger partial charge >= 0.3 is 0 Å². The van der Waals surface area contributed by atoms with E-state index < -0.39 is 0 Å². The van der Waals surface area contributed by atoms with Crippen LogP contribution < -0.4 is 5.73 Å². The van der Waals surface area contributed by atoms with Crippen LogP contribution in [0.15, 0.2) is 0 Å². The van der Waals surface area contributed by atoms with E-state index in [1.165, 1.54) is 19.5 Å². The van der Waals surface area contributed by atoms with Gasteiger partial charge in [-0.2, -0.15) is 0 Å². The zero-order valence-corrected chi connectivity index (χ0v) is 9.17. The van der Waals surface area contributed by atoms with E-state index in [-0.39, 0.29) is 5.54 Å². The fourth-order valence-corrected chi connectivity index (χ4v) is 2.45. The van der Waals surface area contributed by atoms with Gasteiger partial charge in [0, 0.05) is 38.4 Å². The van der Waals surface area contributed by atoms with E-state index in [9.17, 15) is 0 Å². The Morgan fingerprint density at radius 2 is 2.00 bits per heavy atom. The van der Waals surface area contributed by atoms with E-state index >= 15 is 0 Å². The number of hydrogen-bond acceptors (Lipinski definition) is 3. The van der Waals surface area contributed by atoms with Crippen LogP contribution in [0.4, 0.5) is 0 Å². The summed E-state index contributed by atoms with van der Waals surface area (Å²) in [6.45, 7) is 7.57. The molecular weight excluding hydrogens is 176 g/mol. The number of ether oxygens (including phenoxy) is 1. The van der Waals surface area contributed by atoms with Crippen molar-refractivity contribution in [1.82, 2.24) is 4.90 Å². The van der Waals surface area contributed by atoms with Crippen LogP contribution >= 0.6 is 0 Å². The molecule has 0 saturated carbocycles. The molecule has 0 spiro atoms. The third kappa shape index (κ3) is 2.27. The summed E-state index contributed by atoms with van der Waals surface area (Å²) in [4.78, 5) is 2.50. The molecule has 0 amide bonds. The number of nitrogens with two attached hydrogens (primary N) is 1. The molecule has 0 aromatic rings. The van der Waals surface area contributed by atoms with Gasteiger partial charge in [0.2, 0.25) is 0 Å². The molecule has 2 fully saturated rings. The highest BCUT2D eigenvalue weighted by atomic mass is 16.5. The second kappa shape index (κ2) is 4.17. The van der Waals surface area contributed by atoms with E-state index in [4.69, 9.17) is 10.5 Å². The smallest absolute Gasteiger partial charge is 0.0484 e. The summed E-state index contributed by atoms with van der Waals surface area (Å²) in [5, 5.41) is 0. The van der Waals surface area contributed by atoms with E-state index in [1.54, 1.807) is 0 Å². The highest BCUT2D eigenvalue weighted by Crippen LogP contribution is 2.24. The summed E-state index contributed by atoms with van der Waals surface area (Å²) in [6.07, 6.45) is 3.37. The van der Waals surface area contributed by atoms with E-state index in [1.807, 2.05) is 0 Å². The largest absolute Gasteiger partial charge is 0.381 e. The van der Waals surface area contributed by atoms with Crippen molar-refractivity contribution in [2.45, 2.75) is 31.7 Å². The minimum atomic E-state index is 0.0387. The predicted octanol–water partition coefficient (Wildman–Crippen LogP) is 0.836. The quantitative estimate of drug-likeness (QED) is 0.730. The molecule has 3 nitrogen and oxygen atoms in total. The van der Waals surface area contributed by atoms with Crippen molar-refractivity contribution in [3.05, 3.63) is 0 Å². The minimum absolute atomic E-state index is 0.0387. The van der Waals surface area contributed by atoms with E-state index in [2.05, 4.69) is 11.8 Å². The lowest BCUT2D eigenvalue weighted by molar-refractivity contribution is 0.0109. The van der Waals surface area contributed by atoms with Gasteiger partial charge in [-0.25, -0.2) is 0 Å². The average Bonchev–Trinajstić information content (AvgIpc) is 2.12. The van der Waals surface area contributed by atoms with Crippen LogP contribution in [-0.2, 0) is 4.74 Å². The molecule has 0 unspecified atom stereocenters. The predicted molar refractivity (Wildman–Crippen MR) is 57.2 cm³/mol. The summed E-state index contributed by atoms with van der Waals surface area (Å²) >= 11 is 0. The fourth-order valence-electron chi connectivity index (χ4n) is 2.45. The van der Waals surface area contributed by atoms with Crippen molar-refractivity contribution in [3.63, 3.8) is 0 Å². The first-order valence-electron chi connectivity index (χ1n) is 5.81. The van der Waals surface area contributed by atoms with Crippen molar-refractivity contribution < 1.29 is 4.74 Å². The number of hydrogen-bond donors (Lipinski definition) is 1. The van der Waals surface area contributed by atoms with Crippen molar-refractivity contribution in [3.8, 4) is 0 Å². The van der Waals surface area contributed by atoms with Crippen molar-refractivity contribution in [2.75, 3.05) is 32.8 Å². The summed E-state index contributed by atoms with van der Waals surface area (Å²) in [5.41, 5.74) is 6.37. The molecule has 0 atom stereocenters. The Bertz CT molecular complexity index is 184. The molecule has 0 radical (unpaired) electrons. The molecule has 0 aromatic carbocycles. The molecule has 2 N–H and O–H groups in total. The average molecular weight is 198 g/mol. The van der Waals surface area contributed by atoms with Crippen LogP contribution in [-0.4, -0.2) is 43.3 Å². The topological polar surface area (TPSA) is 38.5 Å². The van der Waals surface area contributed by atoms with Crippen molar-refractivity contribution in [1.29, 1.82) is 0 Å². The Morgan fingerprint density at radius 1 is 1.36 bits per heavy atom. The SMILES string of the molecule is CCC1CN(CC2(N)CCOCC2)C1. The Morgan fingerprint density at radius 3 is 2.57 bits per heavy atom. The third-order valence-corrected chi connectivity index (χ3v) is 3.64. The maximum atomic E-state index is 6.33. The molecule has 2 aliphatic rings. The van der Waals surface area contributed by atoms with Crippen LogP contribution in [0.25, 0.3) is 0 Å². The van der Waals surface area contributed by atoms with Crippen LogP contribution in [0.1, 0.15) is 26.2 Å². The number of rotatable bonds is 3. The molecular formula is C11H22N2O. The molecule has 2 aliphatic heterocycles. The Balaban J connectivity index is 1.74. The van der Waals surface area contributed by atoms with Gasteiger partial charge in [0.1, 0.15) is 0 Å². The third-order valence-electron chi connectivity index (χ3n) is 3.64. The molecule has 0 aromatic heterocycles. The van der Waals surface area contributed by atoms with Gasteiger partial charge in [0.15, 0.2) is 0 Å². The van der Waals surface area contributed by atoms with Gasteiger partial charge in [-0.1, -0.05) is 13.3 Å². The first kappa shape index (κ1) is 10.4. The van der Waals surface area contributed by atoms with Gasteiger partial charge in [-0.05, 0) is 18.8 Å². The lowest BCUT2D eigenvalue weighted by Gasteiger charge is -2.45. The minimum Gasteiger partial charge on any atom is -0.381 e. The maximum Gasteiger partial charge on any atom is 0.0484 e. The first-order valence-corrected chi connectivity index (χ1v) is 5.81. The Labute approximate surface area is 86.6 Å². The van der Waals surface area contributed by atoms with Gasteiger partial charge in [0.05, 0.1) is 0 Å². The lowest BCUT2D eigenvalue weighted by Crippen LogP contribution is -2.58. The number of likely N-dealkylation sites (tertiary alicyclic amines) is 1. The second-order valence-corrected chi connectivity index (χ2v) is 4.94. The Kier molecular flexibility index (Phi) is 3.10. The zero-order chi connectivity index (χ0) is 10.0. The fraction of sp³-hybridized carbons (Fsp3) is 1.00. The van der Waals surface area contributed by atoms with Crippen LogP contribution in [0.2, 0.25) is 0 Å². The normalized spacial score (nSPS) is 28.7. The molecule has 2 heterocycles. The molecule has 0 bridgehead atoms. The standard InChI is InChI=1S/C11H22N2O/c1-2-10-7-13(8-10)9-11(12)3-5-14-6-4-11/h10H,2-9,12H2,1H3. The maximum absolute atomic E-state index is 6.33. The second-order valence-electron chi connectivity index (χ2n) is 4.94. The summed E-state index contributed by atoms with van der Waals surface area (Å²) in [6, 6.07) is 0. The lowest BCUT2D eigenvalue weighted by atomic mass is 9.87. The Hall–Kier alpha value is -0.120. The van der Waals surface area contributed by atoms with Gasteiger partial charge in [-0.15, -0.1) is 0 Å².